The zero-order valence-corrected chi connectivity index (χ0v) is 14.0. The molecular weight excluding hydrogens is 292 g/mol. The van der Waals surface area contributed by atoms with Gasteiger partial charge in [-0.25, -0.2) is 0 Å². The normalized spacial score (nSPS) is 18.7. The molecule has 1 aliphatic rings. The predicted molar refractivity (Wildman–Crippen MR) is 87.6 cm³/mol. The van der Waals surface area contributed by atoms with Crippen LogP contribution in [-0.2, 0) is 6.54 Å². The lowest BCUT2D eigenvalue weighted by atomic mass is 10.1. The van der Waals surface area contributed by atoms with Crippen LogP contribution in [0.15, 0.2) is 28.8 Å². The van der Waals surface area contributed by atoms with Gasteiger partial charge < -0.3 is 14.4 Å². The second kappa shape index (κ2) is 6.62. The Labute approximate surface area is 136 Å². The second-order valence-electron chi connectivity index (χ2n) is 6.43. The molecule has 3 rings (SSSR count). The number of hydrogen-bond donors (Lipinski definition) is 1. The van der Waals surface area contributed by atoms with Crippen molar-refractivity contribution in [3.8, 4) is 11.5 Å². The van der Waals surface area contributed by atoms with E-state index in [-0.39, 0.29) is 11.8 Å². The summed E-state index contributed by atoms with van der Waals surface area (Å²) in [6, 6.07) is 7.79. The Morgan fingerprint density at radius 1 is 1.39 bits per heavy atom. The van der Waals surface area contributed by atoms with Crippen LogP contribution in [0.4, 0.5) is 0 Å². The smallest absolute Gasteiger partial charge is 0.139 e. The van der Waals surface area contributed by atoms with Crippen LogP contribution in [0.5, 0.6) is 11.5 Å². The number of phenols is 1. The Morgan fingerprint density at radius 3 is 2.87 bits per heavy atom. The lowest BCUT2D eigenvalue weighted by molar-refractivity contribution is 0.233. The van der Waals surface area contributed by atoms with Gasteiger partial charge in [0.1, 0.15) is 23.0 Å². The molecule has 1 aromatic carbocycles. The first kappa shape index (κ1) is 15.9. The molecular formula is C18H24N2O3. The van der Waals surface area contributed by atoms with Gasteiger partial charge in [0, 0.05) is 30.2 Å². The molecule has 0 spiro atoms. The highest BCUT2D eigenvalue weighted by Gasteiger charge is 2.29. The van der Waals surface area contributed by atoms with E-state index < -0.39 is 0 Å². The molecule has 0 radical (unpaired) electrons. The van der Waals surface area contributed by atoms with Crippen molar-refractivity contribution >= 4 is 0 Å². The van der Waals surface area contributed by atoms with E-state index in [9.17, 15) is 5.11 Å². The van der Waals surface area contributed by atoms with Gasteiger partial charge in [0.15, 0.2) is 0 Å². The molecule has 1 atom stereocenters. The van der Waals surface area contributed by atoms with Gasteiger partial charge in [-0.15, -0.1) is 0 Å². The molecule has 1 N–H and O–H groups in total. The Bertz CT molecular complexity index is 666. The lowest BCUT2D eigenvalue weighted by Gasteiger charge is -2.23. The molecule has 2 aromatic rings. The molecule has 5 heteroatoms. The molecule has 2 heterocycles. The number of phenolic OH excluding ortho intramolecular Hbond substituents is 1. The van der Waals surface area contributed by atoms with Gasteiger partial charge in [0.2, 0.25) is 0 Å². The molecule has 1 unspecified atom stereocenters. The van der Waals surface area contributed by atoms with Crippen molar-refractivity contribution < 1.29 is 14.4 Å². The molecule has 5 nitrogen and oxygen atoms in total. The van der Waals surface area contributed by atoms with Crippen molar-refractivity contribution in [2.24, 2.45) is 0 Å². The maximum Gasteiger partial charge on any atom is 0.139 e. The number of likely N-dealkylation sites (tertiary alicyclic amines) is 1. The number of rotatable bonds is 5. The molecule has 0 bridgehead atoms. The van der Waals surface area contributed by atoms with Gasteiger partial charge in [-0.05, 0) is 25.5 Å². The maximum absolute atomic E-state index is 10.2. The van der Waals surface area contributed by atoms with Crippen LogP contribution in [0.1, 0.15) is 55.7 Å². The van der Waals surface area contributed by atoms with Gasteiger partial charge in [-0.1, -0.05) is 25.1 Å². The summed E-state index contributed by atoms with van der Waals surface area (Å²) in [6.45, 7) is 5.91. The number of nitrogens with zero attached hydrogens (tertiary/aromatic N) is 2. The third kappa shape index (κ3) is 3.34. The first-order chi connectivity index (χ1) is 11.1. The monoisotopic (exact) mass is 316 g/mol. The molecule has 1 aliphatic heterocycles. The van der Waals surface area contributed by atoms with Crippen LogP contribution >= 0.6 is 0 Å². The summed E-state index contributed by atoms with van der Waals surface area (Å²) >= 11 is 0. The number of methoxy groups -OCH3 is 1. The second-order valence-corrected chi connectivity index (χ2v) is 6.43. The summed E-state index contributed by atoms with van der Waals surface area (Å²) in [6.07, 6.45) is 2.20. The van der Waals surface area contributed by atoms with Crippen molar-refractivity contribution in [3.63, 3.8) is 0 Å². The van der Waals surface area contributed by atoms with Crippen LogP contribution in [-0.4, -0.2) is 28.8 Å². The minimum Gasteiger partial charge on any atom is -0.507 e. The Kier molecular flexibility index (Phi) is 4.57. The zero-order valence-electron chi connectivity index (χ0n) is 14.0. The predicted octanol–water partition coefficient (Wildman–Crippen LogP) is 3.85. The summed E-state index contributed by atoms with van der Waals surface area (Å²) in [5.41, 5.74) is 1.91. The number of benzene rings is 1. The van der Waals surface area contributed by atoms with Crippen molar-refractivity contribution in [1.29, 1.82) is 0 Å². The summed E-state index contributed by atoms with van der Waals surface area (Å²) in [5.74, 6) is 2.22. The minimum absolute atomic E-state index is 0.257. The fourth-order valence-electron chi connectivity index (χ4n) is 3.11. The summed E-state index contributed by atoms with van der Waals surface area (Å²) in [7, 11) is 1.60. The van der Waals surface area contributed by atoms with Crippen LogP contribution in [0.3, 0.4) is 0 Å². The van der Waals surface area contributed by atoms with E-state index in [1.807, 2.05) is 12.1 Å². The van der Waals surface area contributed by atoms with Crippen LogP contribution < -0.4 is 4.74 Å². The highest BCUT2D eigenvalue weighted by atomic mass is 16.5. The Balaban J connectivity index is 1.76. The molecule has 1 saturated heterocycles. The Morgan fingerprint density at radius 2 is 2.22 bits per heavy atom. The molecule has 0 amide bonds. The highest BCUT2D eigenvalue weighted by Crippen LogP contribution is 2.35. The average Bonchev–Trinajstić information content (AvgIpc) is 3.17. The van der Waals surface area contributed by atoms with Gasteiger partial charge >= 0.3 is 0 Å². The number of aromatic nitrogens is 1. The van der Waals surface area contributed by atoms with E-state index >= 15 is 0 Å². The molecule has 23 heavy (non-hydrogen) atoms. The first-order valence-electron chi connectivity index (χ1n) is 8.15. The van der Waals surface area contributed by atoms with E-state index in [1.54, 1.807) is 13.2 Å². The molecule has 124 valence electrons. The third-order valence-corrected chi connectivity index (χ3v) is 4.49. The van der Waals surface area contributed by atoms with Crippen LogP contribution in [0.2, 0.25) is 0 Å². The standard InChI is InChI=1S/C18H24N2O3/c1-12(2)18-10-15(19-23-18)16-5-4-8-20(16)11-13-6-7-14(22-3)9-17(13)21/h6-7,9-10,12,16,21H,4-5,8,11H2,1-3H3. The third-order valence-electron chi connectivity index (χ3n) is 4.49. The summed E-state index contributed by atoms with van der Waals surface area (Å²) in [5, 5.41) is 14.4. The van der Waals surface area contributed by atoms with E-state index in [1.165, 1.54) is 0 Å². The quantitative estimate of drug-likeness (QED) is 0.908. The van der Waals surface area contributed by atoms with E-state index in [2.05, 4.69) is 30.0 Å². The van der Waals surface area contributed by atoms with Gasteiger partial charge in [-0.2, -0.15) is 0 Å². The SMILES string of the molecule is COc1ccc(CN2CCCC2c2cc(C(C)C)on2)c(O)c1. The van der Waals surface area contributed by atoms with E-state index in [0.717, 1.165) is 36.4 Å². The molecule has 1 aromatic heterocycles. The number of hydrogen-bond acceptors (Lipinski definition) is 5. The van der Waals surface area contributed by atoms with Crippen molar-refractivity contribution in [2.45, 2.75) is 45.2 Å². The van der Waals surface area contributed by atoms with Crippen molar-refractivity contribution in [1.82, 2.24) is 10.1 Å². The lowest BCUT2D eigenvalue weighted by Crippen LogP contribution is -2.23. The Hall–Kier alpha value is -2.01. The fourth-order valence-corrected chi connectivity index (χ4v) is 3.11. The van der Waals surface area contributed by atoms with Gasteiger partial charge in [0.05, 0.1) is 13.2 Å². The minimum atomic E-state index is 0.257. The van der Waals surface area contributed by atoms with Gasteiger partial charge in [0.25, 0.3) is 0 Å². The average molecular weight is 316 g/mol. The van der Waals surface area contributed by atoms with Gasteiger partial charge in [-0.3, -0.25) is 4.90 Å². The van der Waals surface area contributed by atoms with Crippen molar-refractivity contribution in [2.75, 3.05) is 13.7 Å². The molecule has 1 fully saturated rings. The fraction of sp³-hybridized carbons (Fsp3) is 0.500. The maximum atomic E-state index is 10.2. The topological polar surface area (TPSA) is 58.7 Å². The number of ether oxygens (including phenoxy) is 1. The molecule has 0 saturated carbocycles. The zero-order chi connectivity index (χ0) is 16.4. The van der Waals surface area contributed by atoms with Crippen molar-refractivity contribution in [3.05, 3.63) is 41.3 Å². The van der Waals surface area contributed by atoms with Crippen LogP contribution in [0.25, 0.3) is 0 Å². The van der Waals surface area contributed by atoms with Crippen LogP contribution in [0, 0.1) is 0 Å². The highest BCUT2D eigenvalue weighted by molar-refractivity contribution is 5.39. The first-order valence-corrected chi connectivity index (χ1v) is 8.15. The largest absolute Gasteiger partial charge is 0.507 e. The number of aromatic hydroxyl groups is 1. The summed E-state index contributed by atoms with van der Waals surface area (Å²) in [4.78, 5) is 2.35. The van der Waals surface area contributed by atoms with E-state index in [0.29, 0.717) is 18.2 Å². The van der Waals surface area contributed by atoms with E-state index in [4.69, 9.17) is 9.26 Å². The molecule has 0 aliphatic carbocycles. The summed E-state index contributed by atoms with van der Waals surface area (Å²) < 4.78 is 10.6.